The second-order valence-corrected chi connectivity index (χ2v) is 10.7. The molecule has 0 spiro atoms. The minimum atomic E-state index is -5.70. The minimum absolute atomic E-state index is 0.890. The highest BCUT2D eigenvalue weighted by molar-refractivity contribution is 7.61. The van der Waals surface area contributed by atoms with E-state index in [0.29, 0.717) is 0 Å². The normalized spacial score (nSPS) is 33.1. The van der Waals surface area contributed by atoms with Crippen LogP contribution in [-0.2, 0) is 45.4 Å². The molecule has 0 aromatic rings. The minimum Gasteiger partial charge on any atom is -0.394 e. The molecule has 0 radical (unpaired) electrons. The van der Waals surface area contributed by atoms with Crippen molar-refractivity contribution in [1.29, 1.82) is 0 Å². The highest BCUT2D eigenvalue weighted by atomic mass is 31.3. The molecule has 22 heteroatoms. The van der Waals surface area contributed by atoms with Gasteiger partial charge in [0.1, 0.15) is 24.4 Å². The number of aliphatic hydroxyl groups is 2. The Bertz CT molecular complexity index is 740. The van der Waals surface area contributed by atoms with Crippen LogP contribution < -0.4 is 0 Å². The fourth-order valence-corrected chi connectivity index (χ4v) is 5.62. The number of rotatable bonds is 10. The van der Waals surface area contributed by atoms with Gasteiger partial charge in [0.25, 0.3) is 0 Å². The molecule has 0 aromatic heterocycles. The average molecular weight is 514 g/mol. The lowest BCUT2D eigenvalue weighted by atomic mass is 9.99. The van der Waals surface area contributed by atoms with Gasteiger partial charge in [0.2, 0.25) is 0 Å². The molecule has 7 atom stereocenters. The maximum atomic E-state index is 11.8. The van der Waals surface area contributed by atoms with Crippen molar-refractivity contribution in [3.05, 3.63) is 0 Å². The fourth-order valence-electron chi connectivity index (χ4n) is 2.08. The number of phosphoric ester groups is 2. The molecule has 1 heterocycles. The Morgan fingerprint density at radius 2 is 1.24 bits per heavy atom. The molecule has 1 aliphatic rings. The van der Waals surface area contributed by atoms with Gasteiger partial charge < -0.3 is 49.0 Å². The molecular formula is C7H18O18P4. The lowest BCUT2D eigenvalue weighted by Gasteiger charge is -2.43. The zero-order valence-electron chi connectivity index (χ0n) is 14.0. The summed E-state index contributed by atoms with van der Waals surface area (Å²) in [6.07, 6.45) is -10.3. The van der Waals surface area contributed by atoms with Crippen molar-refractivity contribution in [2.24, 2.45) is 0 Å². The second-order valence-electron chi connectivity index (χ2n) is 5.17. The Morgan fingerprint density at radius 3 is 1.59 bits per heavy atom. The van der Waals surface area contributed by atoms with E-state index in [1.165, 1.54) is 0 Å². The van der Waals surface area contributed by atoms with Crippen LogP contribution in [0.15, 0.2) is 0 Å². The van der Waals surface area contributed by atoms with Gasteiger partial charge in [0.05, 0.1) is 6.61 Å². The van der Waals surface area contributed by atoms with E-state index < -0.39 is 68.6 Å². The van der Waals surface area contributed by atoms with Crippen molar-refractivity contribution in [3.8, 4) is 0 Å². The second kappa shape index (κ2) is 9.88. The molecule has 0 amide bonds. The maximum absolute atomic E-state index is 11.8. The van der Waals surface area contributed by atoms with Crippen molar-refractivity contribution < 1.29 is 85.0 Å². The monoisotopic (exact) mass is 514 g/mol. The number of hydrogen-bond donors (Lipinski definition) is 8. The summed E-state index contributed by atoms with van der Waals surface area (Å²) in [5, 5.41) is 19.3. The van der Waals surface area contributed by atoms with Crippen LogP contribution in [0.25, 0.3) is 0 Å². The maximum Gasteiger partial charge on any atom is 0.481 e. The van der Waals surface area contributed by atoms with Gasteiger partial charge >= 0.3 is 31.3 Å². The summed E-state index contributed by atoms with van der Waals surface area (Å²) in [6.45, 7) is -0.974. The third-order valence-electron chi connectivity index (χ3n) is 2.96. The Balaban J connectivity index is 3.26. The van der Waals surface area contributed by atoms with E-state index in [-0.39, 0.29) is 0 Å². The Kier molecular flexibility index (Phi) is 9.33. The SMILES string of the molecule is CO[C@H]1O[C@H](CO)[C@@H](O)[C@H](OP(=O)(O)OP(=O)(O)O)[C@H]1OP(=O)(O)OP(=O)(O)O. The topological polar surface area (TPSA) is 285 Å². The van der Waals surface area contributed by atoms with E-state index in [2.05, 4.69) is 17.7 Å². The predicted octanol–water partition coefficient (Wildman–Crippen LogP) is -2.10. The first-order valence-electron chi connectivity index (χ1n) is 6.93. The van der Waals surface area contributed by atoms with Crippen LogP contribution >= 0.6 is 31.3 Å². The van der Waals surface area contributed by atoms with Gasteiger partial charge in [-0.1, -0.05) is 0 Å². The van der Waals surface area contributed by atoms with Gasteiger partial charge in [-0.3, -0.25) is 9.05 Å². The van der Waals surface area contributed by atoms with Crippen molar-refractivity contribution in [1.82, 2.24) is 0 Å². The zero-order valence-corrected chi connectivity index (χ0v) is 17.6. The summed E-state index contributed by atoms with van der Waals surface area (Å²) >= 11 is 0. The summed E-state index contributed by atoms with van der Waals surface area (Å²) < 4.78 is 70.6. The van der Waals surface area contributed by atoms with Crippen molar-refractivity contribution in [2.45, 2.75) is 30.7 Å². The van der Waals surface area contributed by atoms with Gasteiger partial charge in [-0.25, -0.2) is 18.3 Å². The van der Waals surface area contributed by atoms with Crippen LogP contribution in [0, 0.1) is 0 Å². The number of hydrogen-bond acceptors (Lipinski definition) is 12. The van der Waals surface area contributed by atoms with E-state index in [1.807, 2.05) is 0 Å². The first-order chi connectivity index (χ1) is 12.9. The predicted molar refractivity (Wildman–Crippen MR) is 84.4 cm³/mol. The Morgan fingerprint density at radius 1 is 0.828 bits per heavy atom. The number of aliphatic hydroxyl groups excluding tert-OH is 2. The smallest absolute Gasteiger partial charge is 0.394 e. The van der Waals surface area contributed by atoms with Crippen LogP contribution in [-0.4, -0.2) is 84.0 Å². The first-order valence-corrected chi connectivity index (χ1v) is 13.0. The summed E-state index contributed by atoms with van der Waals surface area (Å²) in [4.78, 5) is 53.4. The molecule has 8 N–H and O–H groups in total. The molecule has 1 aliphatic heterocycles. The molecule has 1 saturated heterocycles. The molecule has 0 aromatic carbocycles. The molecule has 0 saturated carbocycles. The molecule has 1 fully saturated rings. The van der Waals surface area contributed by atoms with Crippen LogP contribution in [0.5, 0.6) is 0 Å². The zero-order chi connectivity index (χ0) is 22.8. The van der Waals surface area contributed by atoms with Gasteiger partial charge in [-0.05, 0) is 0 Å². The van der Waals surface area contributed by atoms with Gasteiger partial charge in [-0.15, -0.1) is 0 Å². The van der Waals surface area contributed by atoms with E-state index in [0.717, 1.165) is 7.11 Å². The van der Waals surface area contributed by atoms with Crippen LogP contribution in [0.3, 0.4) is 0 Å². The number of phosphoric acid groups is 4. The summed E-state index contributed by atoms with van der Waals surface area (Å²) in [5.41, 5.74) is 0. The van der Waals surface area contributed by atoms with Crippen molar-refractivity contribution in [3.63, 3.8) is 0 Å². The van der Waals surface area contributed by atoms with Gasteiger partial charge in [0.15, 0.2) is 6.29 Å². The lowest BCUT2D eigenvalue weighted by molar-refractivity contribution is -0.287. The third kappa shape index (κ3) is 9.17. The van der Waals surface area contributed by atoms with Crippen LogP contribution in [0.4, 0.5) is 0 Å². The molecule has 18 nitrogen and oxygen atoms in total. The van der Waals surface area contributed by atoms with Gasteiger partial charge in [-0.2, -0.15) is 8.62 Å². The van der Waals surface area contributed by atoms with E-state index in [1.54, 1.807) is 0 Å². The molecule has 174 valence electrons. The Labute approximate surface area is 161 Å². The van der Waals surface area contributed by atoms with Crippen molar-refractivity contribution in [2.75, 3.05) is 13.7 Å². The lowest BCUT2D eigenvalue weighted by Crippen LogP contribution is -2.60. The highest BCUT2D eigenvalue weighted by Crippen LogP contribution is 2.61. The Hall–Kier alpha value is 0.360. The number of ether oxygens (including phenoxy) is 2. The van der Waals surface area contributed by atoms with Crippen LogP contribution in [0.1, 0.15) is 0 Å². The molecular weight excluding hydrogens is 496 g/mol. The molecule has 0 bridgehead atoms. The average Bonchev–Trinajstić information content (AvgIpc) is 2.46. The largest absolute Gasteiger partial charge is 0.481 e. The van der Waals surface area contributed by atoms with Gasteiger partial charge in [0, 0.05) is 7.11 Å². The van der Waals surface area contributed by atoms with E-state index >= 15 is 0 Å². The van der Waals surface area contributed by atoms with E-state index in [9.17, 15) is 38.3 Å². The van der Waals surface area contributed by atoms with Crippen molar-refractivity contribution >= 4 is 31.3 Å². The summed E-state index contributed by atoms with van der Waals surface area (Å²) in [7, 11) is -21.7. The summed E-state index contributed by atoms with van der Waals surface area (Å²) in [6, 6.07) is 0. The summed E-state index contributed by atoms with van der Waals surface area (Å²) in [5.74, 6) is 0. The first kappa shape index (κ1) is 27.4. The molecule has 1 rings (SSSR count). The standard InChI is InChI=1S/C7H18O18P4/c1-20-7-6(23-29(18,19)25-27(13,14)15)5(4(9)3(2-8)21-7)22-28(16,17)24-26(10,11)12/h3-9H,2H2,1H3,(H,16,17)(H,18,19)(H2,10,11,12)(H2,13,14,15)/t3-,4-,5+,6-,7+/m1/s1. The van der Waals surface area contributed by atoms with E-state index in [4.69, 9.17) is 29.0 Å². The third-order valence-corrected chi connectivity index (χ3v) is 7.33. The molecule has 2 unspecified atom stereocenters. The molecule has 0 aliphatic carbocycles. The quantitative estimate of drug-likeness (QED) is 0.145. The molecule has 29 heavy (non-hydrogen) atoms. The highest BCUT2D eigenvalue weighted by Gasteiger charge is 2.53. The van der Waals surface area contributed by atoms with Crippen LogP contribution in [0.2, 0.25) is 0 Å². The fraction of sp³-hybridized carbons (Fsp3) is 1.00. The number of methoxy groups -OCH3 is 1.